The summed E-state index contributed by atoms with van der Waals surface area (Å²) in [6, 6.07) is 1.31. The average Bonchev–Trinajstić information content (AvgIpc) is 2.53. The van der Waals surface area contributed by atoms with Crippen LogP contribution in [-0.4, -0.2) is 4.98 Å². The molecule has 6 heteroatoms. The Bertz CT molecular complexity index is 406. The van der Waals surface area contributed by atoms with Gasteiger partial charge in [-0.2, -0.15) is 0 Å². The first-order valence-electron chi connectivity index (χ1n) is 3.14. The predicted molar refractivity (Wildman–Crippen MR) is 56.7 cm³/mol. The molecular weight excluding hydrogens is 528 g/mol. The Hall–Kier alpha value is 0.466. The molecule has 2 nitrogen and oxygen atoms in total. The van der Waals surface area contributed by atoms with Crippen LogP contribution in [0.2, 0.25) is 0 Å². The molecule has 71 valence electrons. The molecule has 2 aromatic rings. The number of pyridine rings is 1. The summed E-state index contributed by atoms with van der Waals surface area (Å²) >= 11 is 7.18. The van der Waals surface area contributed by atoms with Crippen LogP contribution in [-0.2, 0) is 15.1 Å². The zero-order valence-electron chi connectivity index (χ0n) is 6.11. The van der Waals surface area contributed by atoms with E-state index in [-0.39, 0.29) is 5.82 Å². The molecule has 0 aliphatic heterocycles. The van der Waals surface area contributed by atoms with E-state index in [4.69, 9.17) is 0 Å². The Kier molecular flexibility index (Phi) is 4.77. The molecule has 0 atom stereocenters. The first kappa shape index (κ1) is 11.5. The summed E-state index contributed by atoms with van der Waals surface area (Å²) in [7, 11) is 0. The maximum absolute atomic E-state index is 13.0. The average molecular weight is 531 g/mol. The molecule has 0 bridgehead atoms. The van der Waals surface area contributed by atoms with Gasteiger partial charge in [-0.05, 0) is 11.7 Å². The molecule has 0 aliphatic carbocycles. The number of aromatic nitrogens is 2. The maximum atomic E-state index is 13.0. The molecule has 0 N–H and O–H groups in total. The number of halogens is 3. The number of rotatable bonds is 0. The van der Waals surface area contributed by atoms with Gasteiger partial charge in [0.1, 0.15) is 5.82 Å². The van der Waals surface area contributed by atoms with Crippen molar-refractivity contribution in [3.8, 4) is 0 Å². The Morgan fingerprint density at radius 1 is 1.54 bits per heavy atom. The van der Waals surface area contributed by atoms with Gasteiger partial charge >= 0.3 is 34.7 Å². The molecular formula is C7H3BrFIN2Os-. The van der Waals surface area contributed by atoms with E-state index in [1.807, 2.05) is 15.1 Å². The Morgan fingerprint density at radius 3 is 2.85 bits per heavy atom. The summed E-state index contributed by atoms with van der Waals surface area (Å²) in [5.74, 6) is -0.292. The van der Waals surface area contributed by atoms with Gasteiger partial charge in [0.25, 0.3) is 0 Å². The van der Waals surface area contributed by atoms with Crippen molar-refractivity contribution in [2.45, 2.75) is 0 Å². The first-order valence-corrected chi connectivity index (χ1v) is 11.1. The normalized spacial score (nSPS) is 9.54. The second kappa shape index (κ2) is 5.37. The van der Waals surface area contributed by atoms with Crippen LogP contribution in [0.1, 0.15) is 0 Å². The summed E-state index contributed by atoms with van der Waals surface area (Å²) in [6.07, 6.45) is 2.94. The third kappa shape index (κ3) is 2.48. The molecule has 2 heterocycles. The zero-order valence-corrected chi connectivity index (χ0v) is 12.4. The number of nitrogens with zero attached hydrogens (tertiary/aromatic N) is 2. The van der Waals surface area contributed by atoms with Crippen molar-refractivity contribution >= 4 is 46.6 Å². The molecule has 0 saturated carbocycles. The molecule has 0 fully saturated rings. The first-order chi connectivity index (χ1) is 6.29. The third-order valence-electron chi connectivity index (χ3n) is 1.42. The van der Waals surface area contributed by atoms with Crippen molar-refractivity contribution in [2.24, 2.45) is 0 Å². The van der Waals surface area contributed by atoms with E-state index in [0.717, 1.165) is 0 Å². The van der Waals surface area contributed by atoms with Gasteiger partial charge < -0.3 is 9.97 Å². The molecule has 0 saturated heterocycles. The van der Waals surface area contributed by atoms with Gasteiger partial charge in [0.05, 0.1) is 0 Å². The topological polar surface area (TPSA) is 27.0 Å². The van der Waals surface area contributed by atoms with Crippen molar-refractivity contribution < 1.29 is 19.4 Å². The SMILES string of the molecule is Fc1ccnc2[n-]cc(Br)c12.[I][Os]. The second-order valence-corrected chi connectivity index (χ2v) is 2.95. The fourth-order valence-corrected chi connectivity index (χ4v) is 1.40. The van der Waals surface area contributed by atoms with Crippen molar-refractivity contribution in [3.63, 3.8) is 0 Å². The Morgan fingerprint density at radius 2 is 2.23 bits per heavy atom. The predicted octanol–water partition coefficient (Wildman–Crippen LogP) is 2.98. The molecule has 0 unspecified atom stereocenters. The molecule has 0 amide bonds. The van der Waals surface area contributed by atoms with E-state index in [1.165, 1.54) is 12.3 Å². The van der Waals surface area contributed by atoms with Gasteiger partial charge in [0.15, 0.2) is 0 Å². The van der Waals surface area contributed by atoms with Crippen LogP contribution in [0.5, 0.6) is 0 Å². The molecule has 2 rings (SSSR count). The summed E-state index contributed by atoms with van der Waals surface area (Å²) in [5.41, 5.74) is 0.442. The van der Waals surface area contributed by atoms with Gasteiger partial charge in [0.2, 0.25) is 0 Å². The van der Waals surface area contributed by atoms with E-state index < -0.39 is 0 Å². The fourth-order valence-electron chi connectivity index (χ4n) is 0.929. The Balaban J connectivity index is 0.000000396. The molecule has 0 spiro atoms. The van der Waals surface area contributed by atoms with Crippen LogP contribution in [0, 0.1) is 5.82 Å². The van der Waals surface area contributed by atoms with E-state index in [9.17, 15) is 4.39 Å². The molecule has 2 aromatic heterocycles. The van der Waals surface area contributed by atoms with Crippen LogP contribution >= 0.6 is 35.6 Å². The van der Waals surface area contributed by atoms with Crippen LogP contribution in [0.25, 0.3) is 11.0 Å². The number of hydrogen-bond acceptors (Lipinski definition) is 1. The van der Waals surface area contributed by atoms with Crippen molar-refractivity contribution in [3.05, 3.63) is 28.7 Å². The second-order valence-electron chi connectivity index (χ2n) is 2.10. The van der Waals surface area contributed by atoms with Gasteiger partial charge in [-0.15, -0.1) is 0 Å². The van der Waals surface area contributed by atoms with Crippen molar-refractivity contribution in [1.29, 1.82) is 0 Å². The van der Waals surface area contributed by atoms with Crippen LogP contribution in [0.4, 0.5) is 4.39 Å². The van der Waals surface area contributed by atoms with Gasteiger partial charge in [-0.25, -0.2) is 4.39 Å². The number of fused-ring (bicyclic) bond motifs is 1. The quantitative estimate of drug-likeness (QED) is 0.490. The van der Waals surface area contributed by atoms with E-state index in [1.54, 1.807) is 6.20 Å². The van der Waals surface area contributed by atoms with Crippen LogP contribution in [0.3, 0.4) is 0 Å². The standard InChI is InChI=1S/C7H3BrFN2.HI.Os/c8-4-3-11-7-6(4)5(9)1-2-10-7;;/h1-3H;1H;/q-1;;+1/p-1. The minimum absolute atomic E-state index is 0.292. The van der Waals surface area contributed by atoms with Gasteiger partial charge in [-0.1, -0.05) is 28.3 Å². The van der Waals surface area contributed by atoms with Crippen LogP contribution < -0.4 is 4.98 Å². The summed E-state index contributed by atoms with van der Waals surface area (Å²) < 4.78 is 13.6. The molecule has 0 aromatic carbocycles. The van der Waals surface area contributed by atoms with Crippen molar-refractivity contribution in [2.75, 3.05) is 0 Å². The summed E-state index contributed by atoms with van der Waals surface area (Å²) in [5, 5.41) is 0.451. The van der Waals surface area contributed by atoms with Crippen molar-refractivity contribution in [1.82, 2.24) is 9.97 Å². The van der Waals surface area contributed by atoms with Crippen LogP contribution in [0.15, 0.2) is 22.9 Å². The fraction of sp³-hybridized carbons (Fsp3) is 0. The minimum atomic E-state index is -0.292. The Labute approximate surface area is 104 Å². The van der Waals surface area contributed by atoms with Gasteiger partial charge in [-0.3, -0.25) is 0 Å². The van der Waals surface area contributed by atoms with Gasteiger partial charge in [0, 0.05) is 9.86 Å². The summed E-state index contributed by atoms with van der Waals surface area (Å²) in [4.78, 5) is 7.76. The third-order valence-corrected chi connectivity index (χ3v) is 2.02. The summed E-state index contributed by atoms with van der Waals surface area (Å²) in [6.45, 7) is 0. The van der Waals surface area contributed by atoms with E-state index in [2.05, 4.69) is 45.6 Å². The molecule has 0 aliphatic rings. The zero-order chi connectivity index (χ0) is 9.84. The monoisotopic (exact) mass is 532 g/mol. The van der Waals surface area contributed by atoms with E-state index >= 15 is 0 Å². The molecule has 0 radical (unpaired) electrons. The van der Waals surface area contributed by atoms with E-state index in [0.29, 0.717) is 15.5 Å². The molecule has 13 heavy (non-hydrogen) atoms. The number of hydrogen-bond donors (Lipinski definition) is 0.